The minimum atomic E-state index is -0.514. The number of thioether (sulfide) groups is 1. The van der Waals surface area contributed by atoms with Crippen LogP contribution in [0.5, 0.6) is 0 Å². The molecule has 1 atom stereocenters. The number of benzene rings is 1. The van der Waals surface area contributed by atoms with Gasteiger partial charge in [-0.15, -0.1) is 0 Å². The number of nitrogens with zero attached hydrogens (tertiary/aromatic N) is 3. The summed E-state index contributed by atoms with van der Waals surface area (Å²) in [5.41, 5.74) is 4.65. The highest BCUT2D eigenvalue weighted by molar-refractivity contribution is 8.00. The van der Waals surface area contributed by atoms with Crippen LogP contribution in [0.3, 0.4) is 0 Å². The molecule has 2 aromatic heterocycles. The summed E-state index contributed by atoms with van der Waals surface area (Å²) in [6.07, 6.45) is 0. The monoisotopic (exact) mass is 397 g/mol. The van der Waals surface area contributed by atoms with Crippen molar-refractivity contribution < 1.29 is 9.59 Å². The predicted octanol–water partition coefficient (Wildman–Crippen LogP) is 3.34. The molecule has 3 amide bonds. The summed E-state index contributed by atoms with van der Waals surface area (Å²) in [4.78, 5) is 28.7. The van der Waals surface area contributed by atoms with Gasteiger partial charge in [-0.05, 0) is 39.3 Å². The number of carbonyl (C=O) groups excluding carboxylic acids is 2. The number of imidazole rings is 1. The first-order valence-electron chi connectivity index (χ1n) is 9.08. The highest BCUT2D eigenvalue weighted by atomic mass is 32.2. The van der Waals surface area contributed by atoms with Crippen LogP contribution in [0.2, 0.25) is 0 Å². The van der Waals surface area contributed by atoms with Crippen molar-refractivity contribution in [3.05, 3.63) is 47.7 Å². The van der Waals surface area contributed by atoms with Crippen LogP contribution in [0, 0.1) is 13.8 Å². The lowest BCUT2D eigenvalue weighted by molar-refractivity contribution is -0.119. The predicted molar refractivity (Wildman–Crippen MR) is 110 cm³/mol. The van der Waals surface area contributed by atoms with Gasteiger partial charge in [-0.1, -0.05) is 42.1 Å². The first-order valence-corrected chi connectivity index (χ1v) is 9.96. The molecule has 28 heavy (non-hydrogen) atoms. The SMILES string of the molecule is CCNC(=O)NC(=O)C(C)Sc1nc(-c2ccccc2)c2c(C)cc(C)nn12. The maximum Gasteiger partial charge on any atom is 0.321 e. The quantitative estimate of drug-likeness (QED) is 0.645. The van der Waals surface area contributed by atoms with E-state index in [4.69, 9.17) is 4.98 Å². The lowest BCUT2D eigenvalue weighted by Crippen LogP contribution is -2.42. The van der Waals surface area contributed by atoms with Gasteiger partial charge in [0.25, 0.3) is 0 Å². The zero-order chi connectivity index (χ0) is 20.3. The average molecular weight is 398 g/mol. The second kappa shape index (κ2) is 8.43. The van der Waals surface area contributed by atoms with E-state index in [1.807, 2.05) is 50.2 Å². The lowest BCUT2D eigenvalue weighted by Gasteiger charge is -2.10. The number of aromatic nitrogens is 3. The van der Waals surface area contributed by atoms with E-state index in [9.17, 15) is 9.59 Å². The Bertz CT molecular complexity index is 1020. The molecule has 0 fully saturated rings. The van der Waals surface area contributed by atoms with Crippen LogP contribution in [-0.2, 0) is 4.79 Å². The van der Waals surface area contributed by atoms with Crippen molar-refractivity contribution in [2.75, 3.05) is 6.54 Å². The highest BCUT2D eigenvalue weighted by Crippen LogP contribution is 2.32. The van der Waals surface area contributed by atoms with Gasteiger partial charge in [0.1, 0.15) is 0 Å². The number of amides is 3. The van der Waals surface area contributed by atoms with Crippen LogP contribution in [0.15, 0.2) is 41.6 Å². The van der Waals surface area contributed by atoms with Crippen molar-refractivity contribution in [1.29, 1.82) is 0 Å². The normalized spacial score (nSPS) is 12.0. The van der Waals surface area contributed by atoms with Crippen molar-refractivity contribution in [2.24, 2.45) is 0 Å². The molecule has 2 heterocycles. The summed E-state index contributed by atoms with van der Waals surface area (Å²) in [5.74, 6) is -0.377. The number of rotatable bonds is 5. The molecule has 0 bridgehead atoms. The molecule has 3 aromatic rings. The van der Waals surface area contributed by atoms with E-state index in [2.05, 4.69) is 15.7 Å². The van der Waals surface area contributed by atoms with Crippen molar-refractivity contribution in [1.82, 2.24) is 25.2 Å². The van der Waals surface area contributed by atoms with Crippen molar-refractivity contribution in [3.63, 3.8) is 0 Å². The van der Waals surface area contributed by atoms with Gasteiger partial charge in [0.15, 0.2) is 5.16 Å². The molecule has 0 saturated carbocycles. The summed E-state index contributed by atoms with van der Waals surface area (Å²) in [6.45, 7) is 7.94. The fraction of sp³-hybridized carbons (Fsp3) is 0.300. The molecule has 3 rings (SSSR count). The van der Waals surface area contributed by atoms with Gasteiger partial charge in [0.05, 0.1) is 22.2 Å². The number of nitrogens with one attached hydrogen (secondary N) is 2. The second-order valence-corrected chi connectivity index (χ2v) is 7.75. The number of aryl methyl sites for hydroxylation is 2. The Labute approximate surface area is 167 Å². The Hall–Kier alpha value is -2.87. The minimum absolute atomic E-state index is 0.377. The van der Waals surface area contributed by atoms with Crippen molar-refractivity contribution >= 4 is 29.2 Å². The molecule has 0 radical (unpaired) electrons. The largest absolute Gasteiger partial charge is 0.338 e. The maximum atomic E-state index is 12.3. The Morgan fingerprint density at radius 2 is 1.93 bits per heavy atom. The Morgan fingerprint density at radius 1 is 1.21 bits per heavy atom. The Balaban J connectivity index is 1.97. The van der Waals surface area contributed by atoms with E-state index in [1.165, 1.54) is 11.8 Å². The molecule has 1 aromatic carbocycles. The first-order chi connectivity index (χ1) is 13.4. The third-order valence-corrected chi connectivity index (χ3v) is 5.20. The van der Waals surface area contributed by atoms with E-state index in [0.717, 1.165) is 28.0 Å². The van der Waals surface area contributed by atoms with Gasteiger partial charge in [-0.25, -0.2) is 14.3 Å². The summed E-state index contributed by atoms with van der Waals surface area (Å²) < 4.78 is 1.79. The molecule has 8 heteroatoms. The Kier molecular flexibility index (Phi) is 5.99. The molecule has 1 unspecified atom stereocenters. The number of imide groups is 1. The van der Waals surface area contributed by atoms with E-state index in [0.29, 0.717) is 11.7 Å². The number of fused-ring (bicyclic) bond motifs is 1. The molecule has 0 saturated heterocycles. The van der Waals surface area contributed by atoms with E-state index in [-0.39, 0.29) is 5.91 Å². The molecular formula is C20H23N5O2S. The van der Waals surface area contributed by atoms with Crippen LogP contribution in [0.4, 0.5) is 4.79 Å². The van der Waals surface area contributed by atoms with Gasteiger partial charge < -0.3 is 5.32 Å². The molecule has 146 valence electrons. The summed E-state index contributed by atoms with van der Waals surface area (Å²) in [7, 11) is 0. The summed E-state index contributed by atoms with van der Waals surface area (Å²) >= 11 is 1.27. The maximum absolute atomic E-state index is 12.3. The van der Waals surface area contributed by atoms with Gasteiger partial charge in [0.2, 0.25) is 5.91 Å². The standard InChI is InChI=1S/C20H23N5O2S/c1-5-21-19(27)23-18(26)14(4)28-20-22-16(15-9-7-6-8-10-15)17-12(2)11-13(3)24-25(17)20/h6-11,14H,5H2,1-4H3,(H2,21,23,26,27). The lowest BCUT2D eigenvalue weighted by atomic mass is 10.1. The molecule has 0 spiro atoms. The molecular weight excluding hydrogens is 374 g/mol. The first kappa shape index (κ1) is 19.9. The van der Waals surface area contributed by atoms with Crippen molar-refractivity contribution in [2.45, 2.75) is 38.1 Å². The number of hydrogen-bond donors (Lipinski definition) is 2. The van der Waals surface area contributed by atoms with Crippen LogP contribution in [0.1, 0.15) is 25.1 Å². The number of urea groups is 1. The second-order valence-electron chi connectivity index (χ2n) is 6.45. The van der Waals surface area contributed by atoms with Crippen molar-refractivity contribution in [3.8, 4) is 11.3 Å². The molecule has 2 N–H and O–H groups in total. The molecule has 0 aliphatic heterocycles. The van der Waals surface area contributed by atoms with Crippen LogP contribution in [0.25, 0.3) is 16.8 Å². The molecule has 7 nitrogen and oxygen atoms in total. The third-order valence-electron chi connectivity index (χ3n) is 4.15. The Morgan fingerprint density at radius 3 is 2.61 bits per heavy atom. The van der Waals surface area contributed by atoms with Gasteiger partial charge >= 0.3 is 6.03 Å². The van der Waals surface area contributed by atoms with Crippen LogP contribution < -0.4 is 10.6 Å². The van der Waals surface area contributed by atoms with Gasteiger partial charge in [-0.3, -0.25) is 10.1 Å². The number of hydrogen-bond acceptors (Lipinski definition) is 5. The molecule has 0 aliphatic carbocycles. The smallest absolute Gasteiger partial charge is 0.321 e. The fourth-order valence-electron chi connectivity index (χ4n) is 2.91. The van der Waals surface area contributed by atoms with E-state index < -0.39 is 11.3 Å². The van der Waals surface area contributed by atoms with E-state index >= 15 is 0 Å². The van der Waals surface area contributed by atoms with Gasteiger partial charge in [0, 0.05) is 12.1 Å². The number of carbonyl (C=O) groups is 2. The summed E-state index contributed by atoms with van der Waals surface area (Å²) in [6, 6.07) is 11.4. The topological polar surface area (TPSA) is 88.4 Å². The molecule has 0 aliphatic rings. The zero-order valence-corrected chi connectivity index (χ0v) is 17.1. The van der Waals surface area contributed by atoms with Crippen LogP contribution in [-0.4, -0.2) is 38.3 Å². The summed E-state index contributed by atoms with van der Waals surface area (Å²) in [5, 5.41) is 9.60. The third kappa shape index (κ3) is 4.17. The minimum Gasteiger partial charge on any atom is -0.338 e. The van der Waals surface area contributed by atoms with Gasteiger partial charge in [-0.2, -0.15) is 5.10 Å². The average Bonchev–Trinajstić information content (AvgIpc) is 3.01. The van der Waals surface area contributed by atoms with Crippen LogP contribution >= 0.6 is 11.8 Å². The highest BCUT2D eigenvalue weighted by Gasteiger charge is 2.22. The van der Waals surface area contributed by atoms with E-state index in [1.54, 1.807) is 18.4 Å². The zero-order valence-electron chi connectivity index (χ0n) is 16.3. The fourth-order valence-corrected chi connectivity index (χ4v) is 3.77.